The average molecular weight is 271 g/mol. The van der Waals surface area contributed by atoms with Crippen molar-refractivity contribution in [2.45, 2.75) is 46.6 Å². The second-order valence-corrected chi connectivity index (χ2v) is 5.35. The predicted octanol–water partition coefficient (Wildman–Crippen LogP) is 4.55. The summed E-state index contributed by atoms with van der Waals surface area (Å²) in [6.45, 7) is 9.45. The molecule has 0 fully saturated rings. The molecule has 2 aromatic rings. The van der Waals surface area contributed by atoms with E-state index in [1.807, 2.05) is 13.8 Å². The van der Waals surface area contributed by atoms with Crippen LogP contribution in [0.4, 0.5) is 0 Å². The number of hydrogen-bond acceptors (Lipinski definition) is 2. The zero-order chi connectivity index (χ0) is 14.5. The van der Waals surface area contributed by atoms with Crippen molar-refractivity contribution in [1.29, 1.82) is 0 Å². The summed E-state index contributed by atoms with van der Waals surface area (Å²) in [6, 6.07) is 11.2. The third-order valence-electron chi connectivity index (χ3n) is 3.68. The van der Waals surface area contributed by atoms with E-state index in [0.717, 1.165) is 30.9 Å². The van der Waals surface area contributed by atoms with Crippen LogP contribution in [0.1, 0.15) is 54.5 Å². The minimum absolute atomic E-state index is 0.221. The molecule has 0 radical (unpaired) electrons. The van der Waals surface area contributed by atoms with Crippen LogP contribution < -0.4 is 5.32 Å². The first-order valence-corrected chi connectivity index (χ1v) is 7.54. The van der Waals surface area contributed by atoms with Crippen molar-refractivity contribution in [3.05, 3.63) is 58.5 Å². The van der Waals surface area contributed by atoms with Crippen LogP contribution in [0.3, 0.4) is 0 Å². The first kappa shape index (κ1) is 14.9. The van der Waals surface area contributed by atoms with Gasteiger partial charge in [-0.2, -0.15) is 0 Å². The number of aryl methyl sites for hydroxylation is 3. The molecular formula is C18H25NO. The van der Waals surface area contributed by atoms with Gasteiger partial charge in [-0.1, -0.05) is 38.1 Å². The van der Waals surface area contributed by atoms with Crippen molar-refractivity contribution in [1.82, 2.24) is 5.32 Å². The van der Waals surface area contributed by atoms with Crippen molar-refractivity contribution in [2.24, 2.45) is 0 Å². The van der Waals surface area contributed by atoms with Crippen LogP contribution >= 0.6 is 0 Å². The van der Waals surface area contributed by atoms with E-state index in [0.29, 0.717) is 0 Å². The highest BCUT2D eigenvalue weighted by Gasteiger charge is 2.18. The molecule has 1 N–H and O–H groups in total. The molecule has 20 heavy (non-hydrogen) atoms. The van der Waals surface area contributed by atoms with Gasteiger partial charge in [-0.05, 0) is 50.4 Å². The zero-order valence-corrected chi connectivity index (χ0v) is 13.0. The predicted molar refractivity (Wildman–Crippen MR) is 84.1 cm³/mol. The second kappa shape index (κ2) is 6.76. The summed E-state index contributed by atoms with van der Waals surface area (Å²) in [5.74, 6) is 1.99. The van der Waals surface area contributed by atoms with Gasteiger partial charge in [0, 0.05) is 5.56 Å². The van der Waals surface area contributed by atoms with Crippen LogP contribution in [0.2, 0.25) is 0 Å². The van der Waals surface area contributed by atoms with E-state index in [1.54, 1.807) is 0 Å². The molecule has 0 bridgehead atoms. The number of furan rings is 1. The number of hydrogen-bond donors (Lipinski definition) is 1. The maximum atomic E-state index is 5.71. The lowest BCUT2D eigenvalue weighted by atomic mass is 9.96. The van der Waals surface area contributed by atoms with E-state index in [2.05, 4.69) is 49.5 Å². The molecule has 1 aromatic carbocycles. The van der Waals surface area contributed by atoms with E-state index < -0.39 is 0 Å². The summed E-state index contributed by atoms with van der Waals surface area (Å²) in [5, 5.41) is 3.65. The molecule has 108 valence electrons. The van der Waals surface area contributed by atoms with E-state index in [1.165, 1.54) is 16.7 Å². The fourth-order valence-corrected chi connectivity index (χ4v) is 2.63. The molecule has 0 aliphatic heterocycles. The smallest absolute Gasteiger partial charge is 0.106 e. The van der Waals surface area contributed by atoms with Crippen molar-refractivity contribution >= 4 is 0 Å². The summed E-state index contributed by atoms with van der Waals surface area (Å²) in [4.78, 5) is 0. The normalized spacial score (nSPS) is 12.6. The van der Waals surface area contributed by atoms with Crippen LogP contribution in [-0.2, 0) is 6.42 Å². The number of benzene rings is 1. The van der Waals surface area contributed by atoms with E-state index in [-0.39, 0.29) is 6.04 Å². The molecule has 2 rings (SSSR count). The Balaban J connectivity index is 2.38. The van der Waals surface area contributed by atoms with Crippen molar-refractivity contribution in [2.75, 3.05) is 6.54 Å². The Bertz CT molecular complexity index is 556. The van der Waals surface area contributed by atoms with E-state index >= 15 is 0 Å². The minimum Gasteiger partial charge on any atom is -0.466 e. The molecule has 0 aliphatic rings. The van der Waals surface area contributed by atoms with Gasteiger partial charge in [0.05, 0.1) is 6.04 Å². The standard InChI is InChI=1S/C18H25NO/c1-5-10-19-18(17-11-13(3)20-14(17)4)16-9-7-8-15(6-2)12-16/h7-9,11-12,18-19H,5-6,10H2,1-4H3. The van der Waals surface area contributed by atoms with Gasteiger partial charge in [0.2, 0.25) is 0 Å². The van der Waals surface area contributed by atoms with Gasteiger partial charge in [-0.3, -0.25) is 0 Å². The largest absolute Gasteiger partial charge is 0.466 e. The maximum Gasteiger partial charge on any atom is 0.106 e. The third-order valence-corrected chi connectivity index (χ3v) is 3.68. The third kappa shape index (κ3) is 3.31. The van der Waals surface area contributed by atoms with Gasteiger partial charge in [-0.15, -0.1) is 0 Å². The summed E-state index contributed by atoms with van der Waals surface area (Å²) in [6.07, 6.45) is 2.19. The molecule has 0 saturated heterocycles. The van der Waals surface area contributed by atoms with Crippen molar-refractivity contribution in [3.63, 3.8) is 0 Å². The van der Waals surface area contributed by atoms with Gasteiger partial charge >= 0.3 is 0 Å². The molecular weight excluding hydrogens is 246 g/mol. The lowest BCUT2D eigenvalue weighted by Gasteiger charge is -2.19. The van der Waals surface area contributed by atoms with Crippen molar-refractivity contribution in [3.8, 4) is 0 Å². The van der Waals surface area contributed by atoms with Crippen LogP contribution in [0.15, 0.2) is 34.7 Å². The van der Waals surface area contributed by atoms with Crippen LogP contribution in [0.5, 0.6) is 0 Å². The lowest BCUT2D eigenvalue weighted by Crippen LogP contribution is -2.23. The van der Waals surface area contributed by atoms with Gasteiger partial charge in [0.15, 0.2) is 0 Å². The summed E-state index contributed by atoms with van der Waals surface area (Å²) in [5.41, 5.74) is 3.95. The Hall–Kier alpha value is -1.54. The molecule has 0 amide bonds. The molecule has 1 unspecified atom stereocenters. The van der Waals surface area contributed by atoms with Crippen molar-refractivity contribution < 1.29 is 4.42 Å². The minimum atomic E-state index is 0.221. The zero-order valence-electron chi connectivity index (χ0n) is 13.0. The first-order chi connectivity index (χ1) is 9.65. The monoisotopic (exact) mass is 271 g/mol. The Morgan fingerprint density at radius 1 is 1.15 bits per heavy atom. The first-order valence-electron chi connectivity index (χ1n) is 7.54. The Morgan fingerprint density at radius 2 is 1.95 bits per heavy atom. The second-order valence-electron chi connectivity index (χ2n) is 5.35. The Morgan fingerprint density at radius 3 is 2.55 bits per heavy atom. The fourth-order valence-electron chi connectivity index (χ4n) is 2.63. The average Bonchev–Trinajstić information content (AvgIpc) is 2.78. The summed E-state index contributed by atoms with van der Waals surface area (Å²) in [7, 11) is 0. The highest BCUT2D eigenvalue weighted by atomic mass is 16.3. The molecule has 2 heteroatoms. The van der Waals surface area contributed by atoms with Gasteiger partial charge < -0.3 is 9.73 Å². The quantitative estimate of drug-likeness (QED) is 0.834. The molecule has 1 atom stereocenters. The molecule has 1 heterocycles. The molecule has 0 spiro atoms. The van der Waals surface area contributed by atoms with Crippen LogP contribution in [-0.4, -0.2) is 6.54 Å². The SMILES string of the molecule is CCCNC(c1cccc(CC)c1)c1cc(C)oc1C. The van der Waals surface area contributed by atoms with E-state index in [4.69, 9.17) is 4.42 Å². The summed E-state index contributed by atoms with van der Waals surface area (Å²) < 4.78 is 5.71. The molecule has 0 saturated carbocycles. The van der Waals surface area contributed by atoms with Gasteiger partial charge in [0.25, 0.3) is 0 Å². The lowest BCUT2D eigenvalue weighted by molar-refractivity contribution is 0.493. The van der Waals surface area contributed by atoms with Crippen LogP contribution in [0, 0.1) is 13.8 Å². The van der Waals surface area contributed by atoms with Crippen LogP contribution in [0.25, 0.3) is 0 Å². The maximum absolute atomic E-state index is 5.71. The molecule has 0 aliphatic carbocycles. The summed E-state index contributed by atoms with van der Waals surface area (Å²) >= 11 is 0. The number of rotatable bonds is 6. The van der Waals surface area contributed by atoms with Gasteiger partial charge in [0.1, 0.15) is 11.5 Å². The topological polar surface area (TPSA) is 25.2 Å². The molecule has 2 nitrogen and oxygen atoms in total. The number of nitrogens with one attached hydrogen (secondary N) is 1. The van der Waals surface area contributed by atoms with Gasteiger partial charge in [-0.25, -0.2) is 0 Å². The molecule has 1 aromatic heterocycles. The Labute approximate surface area is 122 Å². The van der Waals surface area contributed by atoms with E-state index in [9.17, 15) is 0 Å². The highest BCUT2D eigenvalue weighted by molar-refractivity contribution is 5.36. The highest BCUT2D eigenvalue weighted by Crippen LogP contribution is 2.28. The Kier molecular flexibility index (Phi) is 5.02. The fraction of sp³-hybridized carbons (Fsp3) is 0.444.